The molecule has 4 saturated carbocycles. The Hall–Kier alpha value is -1.87. The monoisotopic (exact) mass is 633 g/mol. The van der Waals surface area contributed by atoms with Crippen molar-refractivity contribution in [3.63, 3.8) is 0 Å². The van der Waals surface area contributed by atoms with E-state index in [-0.39, 0.29) is 29.7 Å². The molecule has 0 aromatic heterocycles. The predicted octanol–water partition coefficient (Wildman–Crippen LogP) is 5.59. The predicted molar refractivity (Wildman–Crippen MR) is 147 cm³/mol. The first-order valence-corrected chi connectivity index (χ1v) is 18.0. The summed E-state index contributed by atoms with van der Waals surface area (Å²) >= 11 is 0. The van der Waals surface area contributed by atoms with E-state index in [0.29, 0.717) is 25.0 Å². The van der Waals surface area contributed by atoms with E-state index in [1.54, 1.807) is 0 Å². The van der Waals surface area contributed by atoms with Gasteiger partial charge in [-0.25, -0.2) is 16.8 Å². The summed E-state index contributed by atoms with van der Waals surface area (Å²) in [6.45, 7) is 0. The van der Waals surface area contributed by atoms with E-state index in [2.05, 4.69) is 12.1 Å². The smallest absolute Gasteiger partial charge is 0.425 e. The molecule has 1 saturated heterocycles. The van der Waals surface area contributed by atoms with Crippen LogP contribution in [0.5, 0.6) is 5.75 Å². The van der Waals surface area contributed by atoms with E-state index < -0.39 is 55.2 Å². The summed E-state index contributed by atoms with van der Waals surface area (Å²) in [5, 5.41) is 1.94. The summed E-state index contributed by atoms with van der Waals surface area (Å²) < 4.78 is 98.4. The number of rotatable bonds is 7. The van der Waals surface area contributed by atoms with Crippen LogP contribution in [0.25, 0.3) is 14.9 Å². The Morgan fingerprint density at radius 3 is 2.17 bits per heavy atom. The number of alkyl halides is 3. The fraction of sp³-hybridized carbons (Fsp3) is 0.593. The molecule has 7 rings (SSSR count). The Labute approximate surface area is 240 Å². The summed E-state index contributed by atoms with van der Waals surface area (Å²) in [6.07, 6.45) is 4.72. The summed E-state index contributed by atoms with van der Waals surface area (Å²) in [5.41, 5.74) is -6.74. The molecule has 41 heavy (non-hydrogen) atoms. The van der Waals surface area contributed by atoms with E-state index in [4.69, 9.17) is 8.92 Å². The molecule has 0 spiro atoms. The summed E-state index contributed by atoms with van der Waals surface area (Å²) in [4.78, 5) is 15.1. The van der Waals surface area contributed by atoms with E-state index in [9.17, 15) is 34.8 Å². The van der Waals surface area contributed by atoms with Crippen molar-refractivity contribution in [3.8, 4) is 5.75 Å². The lowest BCUT2D eigenvalue weighted by Crippen LogP contribution is -2.58. The van der Waals surface area contributed by atoms with Crippen LogP contribution in [0.4, 0.5) is 13.2 Å². The van der Waals surface area contributed by atoms with Crippen LogP contribution in [-0.4, -0.2) is 45.9 Å². The number of nitrogens with zero attached hydrogens (tertiary/aromatic N) is 1. The molecule has 224 valence electrons. The second-order valence-corrected chi connectivity index (χ2v) is 17.0. The maximum atomic E-state index is 13.8. The second-order valence-electron chi connectivity index (χ2n) is 11.7. The summed E-state index contributed by atoms with van der Waals surface area (Å²) in [5.74, 6) is 1.57. The molecule has 4 aliphatic carbocycles. The maximum Gasteiger partial charge on any atom is 0.480 e. The standard InChI is InChI=1S/C27H30F3NO7S3/c28-27(29,30)40(33,34)31-41(35,36)38-24-18-12-17-13-19(24)16-26(14-17,15-18)25(32)37-22-8-9-23(39-10-4-1-5-11-39)21-7-3-2-6-20(21)22/h2-3,6-9,17-19,24H,1,4-5,10-16H2. The Bertz CT molecular complexity index is 1560. The third-order valence-corrected chi connectivity index (χ3v) is 14.1. The van der Waals surface area contributed by atoms with Crippen LogP contribution in [0.3, 0.4) is 0 Å². The normalized spacial score (nSPS) is 30.5. The largest absolute Gasteiger partial charge is 0.480 e. The molecule has 2 unspecified atom stereocenters. The van der Waals surface area contributed by atoms with Crippen LogP contribution in [0.15, 0.2) is 41.3 Å². The highest BCUT2D eigenvalue weighted by molar-refractivity contribution is 8.10. The van der Waals surface area contributed by atoms with Crippen LogP contribution in [-0.2, 0) is 40.2 Å². The molecule has 8 nitrogen and oxygen atoms in total. The van der Waals surface area contributed by atoms with Gasteiger partial charge in [-0.05, 0) is 87.3 Å². The van der Waals surface area contributed by atoms with Crippen molar-refractivity contribution in [3.05, 3.63) is 40.5 Å². The van der Waals surface area contributed by atoms with Gasteiger partial charge in [0.2, 0.25) is 10.3 Å². The molecule has 0 N–H and O–H groups in total. The number of carbonyl (C=O) groups is 1. The fourth-order valence-electron chi connectivity index (χ4n) is 7.55. The number of fused-ring (bicyclic) bond motifs is 1. The number of esters is 1. The molecule has 5 fully saturated rings. The van der Waals surface area contributed by atoms with Crippen molar-refractivity contribution in [2.24, 2.45) is 23.2 Å². The molecule has 2 aromatic rings. The molecule has 1 heterocycles. The molecule has 0 radical (unpaired) electrons. The zero-order valence-electron chi connectivity index (χ0n) is 22.0. The number of sulfonamides is 1. The first-order valence-electron chi connectivity index (χ1n) is 13.7. The Morgan fingerprint density at radius 1 is 0.902 bits per heavy atom. The number of halogens is 3. The van der Waals surface area contributed by atoms with Gasteiger partial charge in [-0.2, -0.15) is 13.2 Å². The van der Waals surface area contributed by atoms with Crippen LogP contribution in [0.2, 0.25) is 0 Å². The van der Waals surface area contributed by atoms with Crippen LogP contribution < -0.4 is 4.74 Å². The lowest BCUT2D eigenvalue weighted by atomic mass is 9.48. The van der Waals surface area contributed by atoms with E-state index in [0.717, 1.165) is 22.3 Å². The third-order valence-electron chi connectivity index (χ3n) is 8.97. The van der Waals surface area contributed by atoms with Gasteiger partial charge in [0.15, 0.2) is 14.9 Å². The number of benzene rings is 2. The minimum atomic E-state index is -6.28. The average molecular weight is 634 g/mol. The number of carbonyl (C=O) groups excluding carboxylic acids is 1. The number of ether oxygens (including phenoxy) is 1. The summed E-state index contributed by atoms with van der Waals surface area (Å²) in [7, 11) is -11.5. The lowest BCUT2D eigenvalue weighted by Gasteiger charge is -2.58. The van der Waals surface area contributed by atoms with Crippen LogP contribution >= 0.6 is 0 Å². The Kier molecular flexibility index (Phi) is 7.40. The van der Waals surface area contributed by atoms with E-state index in [1.165, 1.54) is 24.2 Å². The molecule has 0 amide bonds. The van der Waals surface area contributed by atoms with Crippen molar-refractivity contribution in [2.75, 3.05) is 11.5 Å². The maximum absolute atomic E-state index is 13.8. The molecule has 1 aliphatic heterocycles. The average Bonchev–Trinajstić information content (AvgIpc) is 2.90. The minimum Gasteiger partial charge on any atom is -0.425 e. The van der Waals surface area contributed by atoms with Gasteiger partial charge in [-0.1, -0.05) is 18.2 Å². The van der Waals surface area contributed by atoms with Gasteiger partial charge in [0.05, 0.1) is 11.5 Å². The van der Waals surface area contributed by atoms with Crippen LogP contribution in [0.1, 0.15) is 51.4 Å². The fourth-order valence-corrected chi connectivity index (χ4v) is 12.1. The van der Waals surface area contributed by atoms with Crippen molar-refractivity contribution in [1.82, 2.24) is 0 Å². The number of hydrogen-bond acceptors (Lipinski definition) is 7. The highest BCUT2D eigenvalue weighted by atomic mass is 32.3. The first-order chi connectivity index (χ1) is 19.3. The highest BCUT2D eigenvalue weighted by Crippen LogP contribution is 2.61. The van der Waals surface area contributed by atoms with Crippen molar-refractivity contribution in [2.45, 2.75) is 67.9 Å². The quantitative estimate of drug-likeness (QED) is 0.222. The van der Waals surface area contributed by atoms with Gasteiger partial charge < -0.3 is 8.86 Å². The topological polar surface area (TPSA) is 118 Å². The van der Waals surface area contributed by atoms with Gasteiger partial charge in [0, 0.05) is 21.7 Å². The molecule has 14 heteroatoms. The summed E-state index contributed by atoms with van der Waals surface area (Å²) in [6, 6.07) is 11.8. The van der Waals surface area contributed by atoms with Gasteiger partial charge >= 0.3 is 11.5 Å². The third kappa shape index (κ3) is 5.50. The first kappa shape index (κ1) is 29.2. The molecular formula is C27H30F3NO7S3. The van der Waals surface area contributed by atoms with Crippen LogP contribution in [0, 0.1) is 23.2 Å². The van der Waals surface area contributed by atoms with E-state index >= 15 is 0 Å². The van der Waals surface area contributed by atoms with Crippen molar-refractivity contribution < 1.29 is 43.7 Å². The second kappa shape index (κ2) is 10.4. The Morgan fingerprint density at radius 2 is 1.54 bits per heavy atom. The number of hydrogen-bond donors (Lipinski definition) is 0. The molecule has 4 bridgehead atoms. The van der Waals surface area contributed by atoms with Gasteiger partial charge in [0.1, 0.15) is 17.3 Å². The van der Waals surface area contributed by atoms with E-state index in [1.807, 2.05) is 28.4 Å². The molecule has 2 aromatic carbocycles. The molecule has 5 aliphatic rings. The van der Waals surface area contributed by atoms with Gasteiger partial charge in [-0.15, -0.1) is 0 Å². The zero-order chi connectivity index (χ0) is 29.2. The SMILES string of the molecule is O=C(Oc1ccc([S+]2CCCCC2)c2ccccc12)C12CC3CC(C1)C(OS(=O)(=O)[N-]S(=O)(=O)C(F)(F)F)C(C3)C2. The van der Waals surface area contributed by atoms with Gasteiger partial charge in [0.25, 0.3) is 0 Å². The highest BCUT2D eigenvalue weighted by Gasteiger charge is 2.60. The lowest BCUT2D eigenvalue weighted by molar-refractivity contribution is -0.172. The van der Waals surface area contributed by atoms with Gasteiger partial charge in [-0.3, -0.25) is 8.98 Å². The molecule has 2 atom stereocenters. The molecular weight excluding hydrogens is 603 g/mol. The minimum absolute atomic E-state index is 0.102. The zero-order valence-corrected chi connectivity index (χ0v) is 24.5. The Balaban J connectivity index is 1.21. The van der Waals surface area contributed by atoms with Crippen molar-refractivity contribution >= 4 is 48.0 Å². The van der Waals surface area contributed by atoms with Crippen molar-refractivity contribution in [1.29, 1.82) is 0 Å².